The molecule has 0 unspecified atom stereocenters. The van der Waals surface area contributed by atoms with E-state index in [4.69, 9.17) is 0 Å². The molecule has 1 aliphatic rings. The fraction of sp³-hybridized carbons (Fsp3) is 0.333. The first-order valence-electron chi connectivity index (χ1n) is 6.84. The van der Waals surface area contributed by atoms with Crippen molar-refractivity contribution in [3.63, 3.8) is 0 Å². The SMILES string of the molecule is C=Cc1ccc2c(c1/C=C\C)CCC(C)=C2.CC. The summed E-state index contributed by atoms with van der Waals surface area (Å²) in [6, 6.07) is 4.37. The van der Waals surface area contributed by atoms with Crippen molar-refractivity contribution >= 4 is 18.2 Å². The summed E-state index contributed by atoms with van der Waals surface area (Å²) in [5, 5.41) is 0. The second-order valence-electron chi connectivity index (χ2n) is 4.33. The molecule has 0 bridgehead atoms. The largest absolute Gasteiger partial charge is 0.0984 e. The van der Waals surface area contributed by atoms with Gasteiger partial charge in [0.05, 0.1) is 0 Å². The lowest BCUT2D eigenvalue weighted by atomic mass is 9.87. The first-order valence-corrected chi connectivity index (χ1v) is 6.84. The zero-order valence-corrected chi connectivity index (χ0v) is 12.1. The van der Waals surface area contributed by atoms with Crippen LogP contribution in [0.5, 0.6) is 0 Å². The quantitative estimate of drug-likeness (QED) is 0.618. The molecule has 96 valence electrons. The Bertz CT molecular complexity index is 473. The number of benzene rings is 1. The zero-order chi connectivity index (χ0) is 13.5. The maximum absolute atomic E-state index is 3.89. The van der Waals surface area contributed by atoms with Gasteiger partial charge in [-0.3, -0.25) is 0 Å². The van der Waals surface area contributed by atoms with E-state index in [9.17, 15) is 0 Å². The molecule has 0 radical (unpaired) electrons. The summed E-state index contributed by atoms with van der Waals surface area (Å²) < 4.78 is 0. The highest BCUT2D eigenvalue weighted by Crippen LogP contribution is 2.30. The van der Waals surface area contributed by atoms with Gasteiger partial charge in [-0.05, 0) is 48.9 Å². The van der Waals surface area contributed by atoms with Crippen LogP contribution in [0.1, 0.15) is 56.4 Å². The maximum Gasteiger partial charge on any atom is -0.0149 e. The Balaban J connectivity index is 0.000000771. The molecule has 0 atom stereocenters. The van der Waals surface area contributed by atoms with Crippen molar-refractivity contribution in [1.29, 1.82) is 0 Å². The normalized spacial score (nSPS) is 13.4. The van der Waals surface area contributed by atoms with Crippen molar-refractivity contribution in [3.05, 3.63) is 52.6 Å². The van der Waals surface area contributed by atoms with E-state index in [0.29, 0.717) is 0 Å². The summed E-state index contributed by atoms with van der Waals surface area (Å²) in [5.74, 6) is 0. The van der Waals surface area contributed by atoms with E-state index in [1.165, 1.54) is 34.2 Å². The van der Waals surface area contributed by atoms with E-state index in [0.717, 1.165) is 6.42 Å². The predicted molar refractivity (Wildman–Crippen MR) is 84.6 cm³/mol. The number of fused-ring (bicyclic) bond motifs is 1. The van der Waals surface area contributed by atoms with Crippen LogP contribution >= 0.6 is 0 Å². The monoisotopic (exact) mass is 240 g/mol. The minimum absolute atomic E-state index is 1.15. The molecule has 0 spiro atoms. The standard InChI is InChI=1S/C16H18.C2H6/c1-4-6-15-13(5-2)8-9-14-11-12(3)7-10-16(14)15;1-2/h4-6,8-9,11H,2,7,10H2,1,3H3;1-2H3/b6-4-;. The number of hydrogen-bond acceptors (Lipinski definition) is 0. The Morgan fingerprint density at radius 3 is 2.50 bits per heavy atom. The lowest BCUT2D eigenvalue weighted by Crippen LogP contribution is -2.01. The van der Waals surface area contributed by atoms with Gasteiger partial charge < -0.3 is 0 Å². The van der Waals surface area contributed by atoms with Gasteiger partial charge in [-0.1, -0.05) is 62.4 Å². The third-order valence-corrected chi connectivity index (χ3v) is 3.15. The van der Waals surface area contributed by atoms with Gasteiger partial charge in [0.25, 0.3) is 0 Å². The fourth-order valence-electron chi connectivity index (χ4n) is 2.32. The van der Waals surface area contributed by atoms with Crippen molar-refractivity contribution in [2.75, 3.05) is 0 Å². The Kier molecular flexibility index (Phi) is 5.64. The third-order valence-electron chi connectivity index (χ3n) is 3.15. The van der Waals surface area contributed by atoms with Crippen molar-refractivity contribution in [3.8, 4) is 0 Å². The average molecular weight is 240 g/mol. The van der Waals surface area contributed by atoms with E-state index in [2.05, 4.69) is 50.8 Å². The second kappa shape index (κ2) is 7.00. The van der Waals surface area contributed by atoms with E-state index >= 15 is 0 Å². The van der Waals surface area contributed by atoms with E-state index in [-0.39, 0.29) is 0 Å². The lowest BCUT2D eigenvalue weighted by Gasteiger charge is -2.18. The van der Waals surface area contributed by atoms with Gasteiger partial charge in [0.2, 0.25) is 0 Å². The van der Waals surface area contributed by atoms with Gasteiger partial charge >= 0.3 is 0 Å². The molecule has 2 rings (SSSR count). The predicted octanol–water partition coefficient (Wildman–Crippen LogP) is 5.74. The molecule has 0 nitrogen and oxygen atoms in total. The van der Waals surface area contributed by atoms with Gasteiger partial charge in [-0.25, -0.2) is 0 Å². The third kappa shape index (κ3) is 3.01. The highest BCUT2D eigenvalue weighted by atomic mass is 14.2. The van der Waals surface area contributed by atoms with Crippen LogP contribution < -0.4 is 0 Å². The first-order chi connectivity index (χ1) is 8.76. The molecule has 0 heteroatoms. The molecule has 0 N–H and O–H groups in total. The van der Waals surface area contributed by atoms with Crippen molar-refractivity contribution in [2.24, 2.45) is 0 Å². The molecule has 1 aliphatic carbocycles. The maximum atomic E-state index is 3.89. The molecule has 0 aliphatic heterocycles. The first kappa shape index (κ1) is 14.5. The average Bonchev–Trinajstić information content (AvgIpc) is 2.41. The van der Waals surface area contributed by atoms with Crippen LogP contribution in [0.2, 0.25) is 0 Å². The van der Waals surface area contributed by atoms with E-state index in [1.54, 1.807) is 0 Å². The lowest BCUT2D eigenvalue weighted by molar-refractivity contribution is 0.924. The topological polar surface area (TPSA) is 0 Å². The minimum atomic E-state index is 1.15. The summed E-state index contributed by atoms with van der Waals surface area (Å²) in [7, 11) is 0. The Morgan fingerprint density at radius 2 is 1.89 bits per heavy atom. The second-order valence-corrected chi connectivity index (χ2v) is 4.33. The summed E-state index contributed by atoms with van der Waals surface area (Å²) in [4.78, 5) is 0. The Hall–Kier alpha value is -1.56. The molecule has 18 heavy (non-hydrogen) atoms. The van der Waals surface area contributed by atoms with E-state index in [1.807, 2.05) is 19.9 Å². The Labute approximate surface area is 112 Å². The molecule has 0 heterocycles. The minimum Gasteiger partial charge on any atom is -0.0984 e. The summed E-state index contributed by atoms with van der Waals surface area (Å²) in [5.41, 5.74) is 6.91. The molecule has 0 amide bonds. The summed E-state index contributed by atoms with van der Waals surface area (Å²) in [6.07, 6.45) is 10.9. The molecule has 1 aromatic rings. The van der Waals surface area contributed by atoms with Crippen molar-refractivity contribution in [1.82, 2.24) is 0 Å². The molecule has 0 saturated heterocycles. The zero-order valence-electron chi connectivity index (χ0n) is 12.1. The highest BCUT2D eigenvalue weighted by Gasteiger charge is 2.12. The van der Waals surface area contributed by atoms with Crippen LogP contribution in [0.15, 0.2) is 30.4 Å². The van der Waals surface area contributed by atoms with Crippen LogP contribution in [0, 0.1) is 0 Å². The van der Waals surface area contributed by atoms with Crippen LogP contribution in [-0.2, 0) is 6.42 Å². The number of allylic oxidation sites excluding steroid dienone is 2. The van der Waals surface area contributed by atoms with Gasteiger partial charge in [-0.2, -0.15) is 0 Å². The molecular weight excluding hydrogens is 216 g/mol. The van der Waals surface area contributed by atoms with E-state index < -0.39 is 0 Å². The number of rotatable bonds is 2. The van der Waals surface area contributed by atoms with Gasteiger partial charge in [0, 0.05) is 0 Å². The van der Waals surface area contributed by atoms with Gasteiger partial charge in [-0.15, -0.1) is 0 Å². The molecule has 0 saturated carbocycles. The summed E-state index contributed by atoms with van der Waals surface area (Å²) >= 11 is 0. The highest BCUT2D eigenvalue weighted by molar-refractivity contribution is 5.73. The molecular formula is C18H24. The van der Waals surface area contributed by atoms with Crippen LogP contribution in [0.4, 0.5) is 0 Å². The van der Waals surface area contributed by atoms with Crippen molar-refractivity contribution in [2.45, 2.75) is 40.5 Å². The fourth-order valence-corrected chi connectivity index (χ4v) is 2.32. The van der Waals surface area contributed by atoms with Gasteiger partial charge in [0.15, 0.2) is 0 Å². The van der Waals surface area contributed by atoms with Crippen LogP contribution in [0.25, 0.3) is 18.2 Å². The summed E-state index contributed by atoms with van der Waals surface area (Å²) in [6.45, 7) is 12.2. The molecule has 0 aromatic heterocycles. The molecule has 1 aromatic carbocycles. The smallest absolute Gasteiger partial charge is 0.0149 e. The van der Waals surface area contributed by atoms with Crippen LogP contribution in [0.3, 0.4) is 0 Å². The molecule has 0 fully saturated rings. The van der Waals surface area contributed by atoms with Crippen LogP contribution in [-0.4, -0.2) is 0 Å². The Morgan fingerprint density at radius 1 is 1.17 bits per heavy atom. The van der Waals surface area contributed by atoms with Gasteiger partial charge in [0.1, 0.15) is 0 Å². The number of hydrogen-bond donors (Lipinski definition) is 0. The van der Waals surface area contributed by atoms with Crippen molar-refractivity contribution < 1.29 is 0 Å².